The van der Waals surface area contributed by atoms with Crippen molar-refractivity contribution in [3.63, 3.8) is 0 Å². The summed E-state index contributed by atoms with van der Waals surface area (Å²) < 4.78 is 0. The molecule has 0 saturated carbocycles. The van der Waals surface area contributed by atoms with Crippen LogP contribution >= 0.6 is 11.6 Å². The molecule has 0 aliphatic carbocycles. The SMILES string of the molecule is N#CCc1cccc(C(=O)NCc2ccc(Cl)cc2)c1. The number of benzene rings is 2. The van der Waals surface area contributed by atoms with Gasteiger partial charge in [0.15, 0.2) is 0 Å². The summed E-state index contributed by atoms with van der Waals surface area (Å²) in [6, 6.07) is 16.5. The molecular weight excluding hydrogens is 272 g/mol. The van der Waals surface area contributed by atoms with Crippen molar-refractivity contribution in [1.82, 2.24) is 5.32 Å². The van der Waals surface area contributed by atoms with E-state index in [2.05, 4.69) is 11.4 Å². The van der Waals surface area contributed by atoms with E-state index in [9.17, 15) is 4.79 Å². The second kappa shape index (κ2) is 6.74. The molecule has 0 aliphatic rings. The van der Waals surface area contributed by atoms with Crippen LogP contribution < -0.4 is 5.32 Å². The van der Waals surface area contributed by atoms with Gasteiger partial charge in [-0.2, -0.15) is 5.26 Å². The highest BCUT2D eigenvalue weighted by molar-refractivity contribution is 6.30. The van der Waals surface area contributed by atoms with Crippen LogP contribution in [0.2, 0.25) is 5.02 Å². The number of hydrogen-bond donors (Lipinski definition) is 1. The number of amides is 1. The van der Waals surface area contributed by atoms with E-state index in [0.717, 1.165) is 11.1 Å². The number of nitrogens with one attached hydrogen (secondary N) is 1. The Hall–Kier alpha value is -2.31. The number of halogens is 1. The maximum Gasteiger partial charge on any atom is 0.251 e. The number of nitrogens with zero attached hydrogens (tertiary/aromatic N) is 1. The van der Waals surface area contributed by atoms with E-state index in [1.54, 1.807) is 30.3 Å². The first kappa shape index (κ1) is 14.1. The van der Waals surface area contributed by atoms with Gasteiger partial charge in [-0.05, 0) is 35.4 Å². The largest absolute Gasteiger partial charge is 0.348 e. The van der Waals surface area contributed by atoms with Crippen molar-refractivity contribution in [3.8, 4) is 6.07 Å². The maximum absolute atomic E-state index is 12.0. The van der Waals surface area contributed by atoms with E-state index < -0.39 is 0 Å². The monoisotopic (exact) mass is 284 g/mol. The molecule has 0 fully saturated rings. The number of carbonyl (C=O) groups excluding carboxylic acids is 1. The molecule has 2 aromatic rings. The lowest BCUT2D eigenvalue weighted by Gasteiger charge is -2.06. The summed E-state index contributed by atoms with van der Waals surface area (Å²) in [5.41, 5.74) is 2.38. The molecular formula is C16H13ClN2O. The van der Waals surface area contributed by atoms with E-state index >= 15 is 0 Å². The van der Waals surface area contributed by atoms with Gasteiger partial charge in [0.05, 0.1) is 12.5 Å². The number of nitriles is 1. The first-order valence-corrected chi connectivity index (χ1v) is 6.55. The highest BCUT2D eigenvalue weighted by Gasteiger charge is 2.06. The summed E-state index contributed by atoms with van der Waals surface area (Å²) in [5.74, 6) is -0.153. The molecule has 3 nitrogen and oxygen atoms in total. The second-order valence-corrected chi connectivity index (χ2v) is 4.78. The summed E-state index contributed by atoms with van der Waals surface area (Å²) in [6.45, 7) is 0.443. The topological polar surface area (TPSA) is 52.9 Å². The van der Waals surface area contributed by atoms with E-state index in [0.29, 0.717) is 23.6 Å². The Morgan fingerprint density at radius 3 is 2.60 bits per heavy atom. The fourth-order valence-corrected chi connectivity index (χ4v) is 1.93. The van der Waals surface area contributed by atoms with E-state index in [1.165, 1.54) is 0 Å². The summed E-state index contributed by atoms with van der Waals surface area (Å²) >= 11 is 5.80. The fraction of sp³-hybridized carbons (Fsp3) is 0.125. The Labute approximate surface area is 122 Å². The van der Waals surface area contributed by atoms with Crippen molar-refractivity contribution in [2.45, 2.75) is 13.0 Å². The van der Waals surface area contributed by atoms with Crippen LogP contribution in [0.25, 0.3) is 0 Å². The van der Waals surface area contributed by atoms with Gasteiger partial charge < -0.3 is 5.32 Å². The molecule has 100 valence electrons. The average Bonchev–Trinajstić information content (AvgIpc) is 2.47. The molecule has 2 aromatic carbocycles. The Morgan fingerprint density at radius 1 is 1.15 bits per heavy atom. The first-order valence-electron chi connectivity index (χ1n) is 6.17. The van der Waals surface area contributed by atoms with Crippen LogP contribution in [-0.2, 0) is 13.0 Å². The van der Waals surface area contributed by atoms with Crippen LogP contribution in [0.4, 0.5) is 0 Å². The number of rotatable bonds is 4. The van der Waals surface area contributed by atoms with Crippen LogP contribution in [0.1, 0.15) is 21.5 Å². The van der Waals surface area contributed by atoms with Crippen LogP contribution in [0.15, 0.2) is 48.5 Å². The highest BCUT2D eigenvalue weighted by atomic mass is 35.5. The van der Waals surface area contributed by atoms with Gasteiger partial charge in [-0.3, -0.25) is 4.79 Å². The van der Waals surface area contributed by atoms with Crippen LogP contribution in [-0.4, -0.2) is 5.91 Å². The van der Waals surface area contributed by atoms with Gasteiger partial charge in [-0.25, -0.2) is 0 Å². The van der Waals surface area contributed by atoms with Crippen LogP contribution in [0, 0.1) is 11.3 Å². The molecule has 0 radical (unpaired) electrons. The fourth-order valence-electron chi connectivity index (χ4n) is 1.80. The molecule has 1 amide bonds. The third-order valence-electron chi connectivity index (χ3n) is 2.84. The average molecular weight is 285 g/mol. The smallest absolute Gasteiger partial charge is 0.251 e. The van der Waals surface area contributed by atoms with Crippen molar-refractivity contribution in [3.05, 3.63) is 70.2 Å². The third kappa shape index (κ3) is 3.84. The molecule has 4 heteroatoms. The summed E-state index contributed by atoms with van der Waals surface area (Å²) in [6.07, 6.45) is 0.304. The molecule has 20 heavy (non-hydrogen) atoms. The van der Waals surface area contributed by atoms with Crippen LogP contribution in [0.5, 0.6) is 0 Å². The van der Waals surface area contributed by atoms with Gasteiger partial charge >= 0.3 is 0 Å². The van der Waals surface area contributed by atoms with Gasteiger partial charge in [-0.1, -0.05) is 35.9 Å². The molecule has 2 rings (SSSR count). The predicted octanol–water partition coefficient (Wildman–Crippen LogP) is 3.34. The van der Waals surface area contributed by atoms with Crippen molar-refractivity contribution < 1.29 is 4.79 Å². The van der Waals surface area contributed by atoms with Gasteiger partial charge in [0.1, 0.15) is 0 Å². The Kier molecular flexibility index (Phi) is 4.75. The molecule has 0 unspecified atom stereocenters. The van der Waals surface area contributed by atoms with Gasteiger partial charge in [0.2, 0.25) is 0 Å². The van der Waals surface area contributed by atoms with Crippen molar-refractivity contribution in [2.24, 2.45) is 0 Å². The van der Waals surface area contributed by atoms with E-state index in [-0.39, 0.29) is 5.91 Å². The quantitative estimate of drug-likeness (QED) is 0.936. The highest BCUT2D eigenvalue weighted by Crippen LogP contribution is 2.10. The van der Waals surface area contributed by atoms with Crippen LogP contribution in [0.3, 0.4) is 0 Å². The van der Waals surface area contributed by atoms with E-state index in [1.807, 2.05) is 18.2 Å². The first-order chi connectivity index (χ1) is 9.69. The third-order valence-corrected chi connectivity index (χ3v) is 3.09. The molecule has 0 aliphatic heterocycles. The zero-order valence-corrected chi connectivity index (χ0v) is 11.5. The zero-order chi connectivity index (χ0) is 14.4. The van der Waals surface area contributed by atoms with Crippen molar-refractivity contribution >= 4 is 17.5 Å². The molecule has 0 heterocycles. The number of carbonyl (C=O) groups is 1. The summed E-state index contributed by atoms with van der Waals surface area (Å²) in [7, 11) is 0. The minimum atomic E-state index is -0.153. The molecule has 0 atom stereocenters. The summed E-state index contributed by atoms with van der Waals surface area (Å²) in [5, 5.41) is 12.2. The number of hydrogen-bond acceptors (Lipinski definition) is 2. The molecule has 0 saturated heterocycles. The predicted molar refractivity (Wildman–Crippen MR) is 78.4 cm³/mol. The lowest BCUT2D eigenvalue weighted by molar-refractivity contribution is 0.0951. The Bertz CT molecular complexity index is 644. The van der Waals surface area contributed by atoms with Gasteiger partial charge in [-0.15, -0.1) is 0 Å². The van der Waals surface area contributed by atoms with Crippen molar-refractivity contribution in [2.75, 3.05) is 0 Å². The standard InChI is InChI=1S/C16H13ClN2O/c17-15-6-4-13(5-7-15)11-19-16(20)14-3-1-2-12(10-14)8-9-18/h1-7,10H,8,11H2,(H,19,20). The zero-order valence-electron chi connectivity index (χ0n) is 10.8. The normalized spacial score (nSPS) is 9.80. The molecule has 0 bridgehead atoms. The van der Waals surface area contributed by atoms with Crippen molar-refractivity contribution in [1.29, 1.82) is 5.26 Å². The molecule has 0 aromatic heterocycles. The van der Waals surface area contributed by atoms with Gasteiger partial charge in [0.25, 0.3) is 5.91 Å². The summed E-state index contributed by atoms with van der Waals surface area (Å²) in [4.78, 5) is 12.0. The lowest BCUT2D eigenvalue weighted by atomic mass is 10.1. The van der Waals surface area contributed by atoms with Gasteiger partial charge in [0, 0.05) is 17.1 Å². The second-order valence-electron chi connectivity index (χ2n) is 4.34. The Morgan fingerprint density at radius 2 is 1.90 bits per heavy atom. The van der Waals surface area contributed by atoms with E-state index in [4.69, 9.17) is 16.9 Å². The molecule has 1 N–H and O–H groups in total. The maximum atomic E-state index is 12.0. The Balaban J connectivity index is 1.99. The lowest BCUT2D eigenvalue weighted by Crippen LogP contribution is -2.22. The molecule has 0 spiro atoms. The minimum Gasteiger partial charge on any atom is -0.348 e. The minimum absolute atomic E-state index is 0.153.